The first-order valence-electron chi connectivity index (χ1n) is 8.43. The average Bonchev–Trinajstić information content (AvgIpc) is 2.91. The van der Waals surface area contributed by atoms with Crippen LogP contribution in [0.15, 0.2) is 35.3 Å². The van der Waals surface area contributed by atoms with E-state index in [0.717, 1.165) is 48.4 Å². The van der Waals surface area contributed by atoms with Gasteiger partial charge in [0.2, 0.25) is 0 Å². The fourth-order valence-electron chi connectivity index (χ4n) is 2.18. The third-order valence-corrected chi connectivity index (χ3v) is 4.60. The Morgan fingerprint density at radius 1 is 1.12 bits per heavy atom. The lowest BCUT2D eigenvalue weighted by molar-refractivity contribution is 0.764. The standard InChI is InChI=1S/C18H27N5S.HI/c1-4-19-18(22-13-17-23-14(2)15(3)24-17)21-12-8-11-20-16-9-6-5-7-10-16;/h5-7,9-10,20H,4,8,11-13H2,1-3H3,(H2,19,21,22);1H. The minimum absolute atomic E-state index is 0. The van der Waals surface area contributed by atoms with Gasteiger partial charge in [0.25, 0.3) is 0 Å². The lowest BCUT2D eigenvalue weighted by atomic mass is 10.3. The second kappa shape index (κ2) is 12.1. The molecule has 2 rings (SSSR count). The van der Waals surface area contributed by atoms with Crippen molar-refractivity contribution >= 4 is 47.0 Å². The highest BCUT2D eigenvalue weighted by Gasteiger charge is 2.03. The lowest BCUT2D eigenvalue weighted by Gasteiger charge is -2.11. The Hall–Kier alpha value is -1.35. The Bertz CT molecular complexity index is 623. The van der Waals surface area contributed by atoms with Crippen molar-refractivity contribution in [3.63, 3.8) is 0 Å². The molecule has 0 saturated heterocycles. The van der Waals surface area contributed by atoms with Crippen LogP contribution < -0.4 is 16.0 Å². The van der Waals surface area contributed by atoms with E-state index in [4.69, 9.17) is 0 Å². The Morgan fingerprint density at radius 3 is 2.52 bits per heavy atom. The van der Waals surface area contributed by atoms with Crippen LogP contribution in [0, 0.1) is 13.8 Å². The summed E-state index contributed by atoms with van der Waals surface area (Å²) in [6.45, 7) is 9.50. The number of thiazole rings is 1. The number of aliphatic imine (C=N–C) groups is 1. The van der Waals surface area contributed by atoms with Crippen molar-refractivity contribution in [2.75, 3.05) is 25.0 Å². The largest absolute Gasteiger partial charge is 0.385 e. The number of para-hydroxylation sites is 1. The highest BCUT2D eigenvalue weighted by Crippen LogP contribution is 2.16. The number of nitrogens with zero attached hydrogens (tertiary/aromatic N) is 2. The van der Waals surface area contributed by atoms with Crippen LogP contribution in [0.25, 0.3) is 0 Å². The van der Waals surface area contributed by atoms with Gasteiger partial charge in [0.15, 0.2) is 5.96 Å². The maximum Gasteiger partial charge on any atom is 0.191 e. The Kier molecular flexibility index (Phi) is 10.5. The molecule has 5 nitrogen and oxygen atoms in total. The van der Waals surface area contributed by atoms with Crippen molar-refractivity contribution in [3.05, 3.63) is 45.9 Å². The van der Waals surface area contributed by atoms with Gasteiger partial charge in [0, 0.05) is 30.2 Å². The number of hydrogen-bond acceptors (Lipinski definition) is 4. The molecule has 0 bridgehead atoms. The van der Waals surface area contributed by atoms with E-state index >= 15 is 0 Å². The Balaban J connectivity index is 0.00000312. The maximum absolute atomic E-state index is 4.62. The summed E-state index contributed by atoms with van der Waals surface area (Å²) >= 11 is 1.72. The molecule has 0 fully saturated rings. The Labute approximate surface area is 171 Å². The van der Waals surface area contributed by atoms with Crippen molar-refractivity contribution in [2.45, 2.75) is 33.7 Å². The second-order valence-electron chi connectivity index (χ2n) is 5.52. The molecule has 0 saturated carbocycles. The number of nitrogens with one attached hydrogen (secondary N) is 3. The summed E-state index contributed by atoms with van der Waals surface area (Å²) in [6.07, 6.45) is 1.02. The van der Waals surface area contributed by atoms with Crippen LogP contribution in [0.1, 0.15) is 28.9 Å². The highest BCUT2D eigenvalue weighted by molar-refractivity contribution is 14.0. The molecular weight excluding hydrogens is 445 g/mol. The average molecular weight is 473 g/mol. The van der Waals surface area contributed by atoms with Crippen LogP contribution >= 0.6 is 35.3 Å². The summed E-state index contributed by atoms with van der Waals surface area (Å²) in [4.78, 5) is 10.4. The zero-order valence-corrected chi connectivity index (χ0v) is 18.3. The van der Waals surface area contributed by atoms with Gasteiger partial charge in [-0.15, -0.1) is 35.3 Å². The first kappa shape index (κ1) is 21.7. The predicted molar refractivity (Wildman–Crippen MR) is 119 cm³/mol. The summed E-state index contributed by atoms with van der Waals surface area (Å²) in [6, 6.07) is 10.3. The molecule has 1 aromatic heterocycles. The van der Waals surface area contributed by atoms with Gasteiger partial charge in [0.05, 0.1) is 12.2 Å². The summed E-state index contributed by atoms with van der Waals surface area (Å²) in [5.41, 5.74) is 2.27. The van der Waals surface area contributed by atoms with Crippen LogP contribution in [0.2, 0.25) is 0 Å². The maximum atomic E-state index is 4.62. The quantitative estimate of drug-likeness (QED) is 0.235. The van der Waals surface area contributed by atoms with Crippen molar-refractivity contribution in [1.82, 2.24) is 15.6 Å². The molecule has 0 aliphatic carbocycles. The predicted octanol–water partition coefficient (Wildman–Crippen LogP) is 3.94. The number of anilines is 1. The second-order valence-corrected chi connectivity index (χ2v) is 6.81. The van der Waals surface area contributed by atoms with E-state index in [1.807, 2.05) is 25.1 Å². The van der Waals surface area contributed by atoms with Gasteiger partial charge in [-0.2, -0.15) is 0 Å². The minimum Gasteiger partial charge on any atom is -0.385 e. The molecule has 3 N–H and O–H groups in total. The number of halogens is 1. The third kappa shape index (κ3) is 8.04. The number of guanidine groups is 1. The first-order chi connectivity index (χ1) is 11.7. The van der Waals surface area contributed by atoms with E-state index in [1.165, 1.54) is 4.88 Å². The molecule has 1 heterocycles. The number of benzene rings is 1. The summed E-state index contributed by atoms with van der Waals surface area (Å²) in [7, 11) is 0. The van der Waals surface area contributed by atoms with Crippen LogP contribution in [0.4, 0.5) is 5.69 Å². The molecular formula is C18H28IN5S. The van der Waals surface area contributed by atoms with E-state index in [1.54, 1.807) is 11.3 Å². The summed E-state index contributed by atoms with van der Waals surface area (Å²) < 4.78 is 0. The number of aromatic nitrogens is 1. The number of aryl methyl sites for hydroxylation is 2. The molecule has 0 radical (unpaired) electrons. The molecule has 0 aliphatic rings. The van der Waals surface area contributed by atoms with Crippen LogP contribution in [0.3, 0.4) is 0 Å². The van der Waals surface area contributed by atoms with E-state index in [0.29, 0.717) is 6.54 Å². The topological polar surface area (TPSA) is 61.3 Å². The summed E-state index contributed by atoms with van der Waals surface area (Å²) in [5.74, 6) is 0.850. The molecule has 25 heavy (non-hydrogen) atoms. The number of hydrogen-bond donors (Lipinski definition) is 3. The van der Waals surface area contributed by atoms with Gasteiger partial charge in [-0.05, 0) is 39.3 Å². The minimum atomic E-state index is 0. The molecule has 138 valence electrons. The van der Waals surface area contributed by atoms with Gasteiger partial charge >= 0.3 is 0 Å². The smallest absolute Gasteiger partial charge is 0.191 e. The first-order valence-corrected chi connectivity index (χ1v) is 9.24. The molecule has 0 spiro atoms. The SMILES string of the molecule is CCNC(=NCc1nc(C)c(C)s1)NCCCNc1ccccc1.I. The molecule has 0 atom stereocenters. The molecule has 0 unspecified atom stereocenters. The summed E-state index contributed by atoms with van der Waals surface area (Å²) in [5, 5.41) is 11.1. The van der Waals surface area contributed by atoms with Crippen molar-refractivity contribution in [1.29, 1.82) is 0 Å². The fraction of sp³-hybridized carbons (Fsp3) is 0.444. The van der Waals surface area contributed by atoms with E-state index < -0.39 is 0 Å². The van der Waals surface area contributed by atoms with Crippen molar-refractivity contribution < 1.29 is 0 Å². The van der Waals surface area contributed by atoms with Gasteiger partial charge in [-0.3, -0.25) is 0 Å². The zero-order valence-electron chi connectivity index (χ0n) is 15.1. The van der Waals surface area contributed by atoms with Crippen molar-refractivity contribution in [2.24, 2.45) is 4.99 Å². The molecule has 0 amide bonds. The normalized spacial score (nSPS) is 10.9. The fourth-order valence-corrected chi connectivity index (χ4v) is 3.04. The van der Waals surface area contributed by atoms with Gasteiger partial charge < -0.3 is 16.0 Å². The monoisotopic (exact) mass is 473 g/mol. The van der Waals surface area contributed by atoms with Gasteiger partial charge in [-0.1, -0.05) is 18.2 Å². The lowest BCUT2D eigenvalue weighted by Crippen LogP contribution is -2.38. The molecule has 7 heteroatoms. The van der Waals surface area contributed by atoms with E-state index in [-0.39, 0.29) is 24.0 Å². The van der Waals surface area contributed by atoms with Gasteiger partial charge in [-0.25, -0.2) is 9.98 Å². The molecule has 2 aromatic rings. The zero-order chi connectivity index (χ0) is 17.2. The van der Waals surface area contributed by atoms with Gasteiger partial charge in [0.1, 0.15) is 5.01 Å². The van der Waals surface area contributed by atoms with Crippen LogP contribution in [0.5, 0.6) is 0 Å². The third-order valence-electron chi connectivity index (χ3n) is 3.54. The molecule has 0 aliphatic heterocycles. The Morgan fingerprint density at radius 2 is 1.88 bits per heavy atom. The van der Waals surface area contributed by atoms with E-state index in [9.17, 15) is 0 Å². The molecule has 1 aromatic carbocycles. The van der Waals surface area contributed by atoms with Crippen molar-refractivity contribution in [3.8, 4) is 0 Å². The van der Waals surface area contributed by atoms with E-state index in [2.05, 4.69) is 51.9 Å². The van der Waals surface area contributed by atoms with Crippen LogP contribution in [-0.4, -0.2) is 30.6 Å². The highest BCUT2D eigenvalue weighted by atomic mass is 127. The number of rotatable bonds is 8. The van der Waals surface area contributed by atoms with Crippen LogP contribution in [-0.2, 0) is 6.54 Å².